The zero-order chi connectivity index (χ0) is 20.5. The summed E-state index contributed by atoms with van der Waals surface area (Å²) in [5.74, 6) is -0.558. The Balaban J connectivity index is 1.54. The zero-order valence-electron chi connectivity index (χ0n) is 16.0. The van der Waals surface area contributed by atoms with Crippen molar-refractivity contribution in [3.8, 4) is 5.75 Å². The van der Waals surface area contributed by atoms with Crippen molar-refractivity contribution in [2.75, 3.05) is 31.1 Å². The lowest BCUT2D eigenvalue weighted by Gasteiger charge is -2.36. The number of anilines is 1. The van der Waals surface area contributed by atoms with Crippen LogP contribution in [0.4, 0.5) is 10.1 Å². The zero-order valence-corrected chi connectivity index (χ0v) is 16.0. The number of hydrogen-bond acceptors (Lipinski definition) is 6. The fourth-order valence-electron chi connectivity index (χ4n) is 3.67. The van der Waals surface area contributed by atoms with Crippen molar-refractivity contribution in [3.05, 3.63) is 69.8 Å². The summed E-state index contributed by atoms with van der Waals surface area (Å²) in [6.45, 7) is 4.74. The van der Waals surface area contributed by atoms with Crippen LogP contribution in [0.1, 0.15) is 22.8 Å². The maximum Gasteiger partial charge on any atom is 0.347 e. The van der Waals surface area contributed by atoms with Crippen molar-refractivity contribution in [2.45, 2.75) is 13.5 Å². The number of nitrogens with zero attached hydrogens (tertiary/aromatic N) is 2. The number of phenols is 1. The summed E-state index contributed by atoms with van der Waals surface area (Å²) in [6, 6.07) is 11.1. The molecule has 1 aliphatic heterocycles. The van der Waals surface area contributed by atoms with Crippen LogP contribution in [0, 0.1) is 5.82 Å². The van der Waals surface area contributed by atoms with E-state index in [4.69, 9.17) is 4.42 Å². The van der Waals surface area contributed by atoms with Crippen molar-refractivity contribution >= 4 is 22.4 Å². The fraction of sp³-hybridized carbons (Fsp3) is 0.273. The summed E-state index contributed by atoms with van der Waals surface area (Å²) in [5.41, 5.74) is 1.12. The smallest absolute Gasteiger partial charge is 0.347 e. The quantitative estimate of drug-likeness (QED) is 0.539. The maximum atomic E-state index is 13.1. The number of Topliss-reactive ketones (excluding diaryl/α,β-unsaturated/α-hetero) is 1. The van der Waals surface area contributed by atoms with E-state index < -0.39 is 5.63 Å². The predicted octanol–water partition coefficient (Wildman–Crippen LogP) is 3.16. The monoisotopic (exact) mass is 396 g/mol. The predicted molar refractivity (Wildman–Crippen MR) is 108 cm³/mol. The maximum absolute atomic E-state index is 13.1. The van der Waals surface area contributed by atoms with E-state index in [0.29, 0.717) is 23.1 Å². The highest BCUT2D eigenvalue weighted by molar-refractivity contribution is 5.97. The van der Waals surface area contributed by atoms with Gasteiger partial charge in [0.1, 0.15) is 22.7 Å². The number of carbonyl (C=O) groups is 1. The van der Waals surface area contributed by atoms with Gasteiger partial charge in [0.15, 0.2) is 5.78 Å². The number of hydrogen-bond donors (Lipinski definition) is 1. The number of phenolic OH excluding ortho intramolecular Hbond substituents is 1. The minimum absolute atomic E-state index is 0.00190. The first-order valence-electron chi connectivity index (χ1n) is 9.45. The number of halogens is 1. The van der Waals surface area contributed by atoms with Crippen LogP contribution in [0.5, 0.6) is 5.75 Å². The molecule has 2 aromatic carbocycles. The summed E-state index contributed by atoms with van der Waals surface area (Å²) < 4.78 is 18.5. The first kappa shape index (κ1) is 19.1. The molecular formula is C22H21FN2O4. The average molecular weight is 396 g/mol. The Morgan fingerprint density at radius 3 is 2.45 bits per heavy atom. The average Bonchev–Trinajstić information content (AvgIpc) is 2.71. The number of benzene rings is 2. The fourth-order valence-corrected chi connectivity index (χ4v) is 3.67. The molecule has 2 heterocycles. The second-order valence-electron chi connectivity index (χ2n) is 7.22. The van der Waals surface area contributed by atoms with Crippen LogP contribution >= 0.6 is 0 Å². The molecule has 0 atom stereocenters. The lowest BCUT2D eigenvalue weighted by molar-refractivity contribution is 0.101. The summed E-state index contributed by atoms with van der Waals surface area (Å²) >= 11 is 0. The van der Waals surface area contributed by atoms with Crippen molar-refractivity contribution in [2.24, 2.45) is 0 Å². The van der Waals surface area contributed by atoms with Gasteiger partial charge in [0.05, 0.1) is 5.56 Å². The van der Waals surface area contributed by atoms with E-state index in [9.17, 15) is 19.1 Å². The van der Waals surface area contributed by atoms with Gasteiger partial charge < -0.3 is 14.4 Å². The van der Waals surface area contributed by atoms with Crippen molar-refractivity contribution in [3.63, 3.8) is 0 Å². The Bertz CT molecular complexity index is 1120. The molecule has 150 valence electrons. The molecule has 4 rings (SSSR count). The van der Waals surface area contributed by atoms with Crippen LogP contribution in [0.15, 0.2) is 51.7 Å². The number of piperazine rings is 1. The van der Waals surface area contributed by atoms with Crippen LogP contribution in [-0.2, 0) is 6.54 Å². The van der Waals surface area contributed by atoms with Crippen molar-refractivity contribution < 1.29 is 18.7 Å². The van der Waals surface area contributed by atoms with Crippen LogP contribution in [0.3, 0.4) is 0 Å². The van der Waals surface area contributed by atoms with E-state index in [-0.39, 0.29) is 22.9 Å². The molecule has 1 aliphatic rings. The number of aromatic hydroxyl groups is 1. The number of rotatable bonds is 4. The highest BCUT2D eigenvalue weighted by Crippen LogP contribution is 2.29. The summed E-state index contributed by atoms with van der Waals surface area (Å²) in [7, 11) is 0. The van der Waals surface area contributed by atoms with Crippen LogP contribution in [-0.4, -0.2) is 42.0 Å². The molecule has 0 bridgehead atoms. The SMILES string of the molecule is CC(=O)c1cc2ccc(O)c(CN3CCN(c4ccc(F)cc4)CC3)c2oc1=O. The molecule has 3 aromatic rings. The Labute approximate surface area is 166 Å². The Kier molecular flexibility index (Phi) is 5.07. The van der Waals surface area contributed by atoms with E-state index in [2.05, 4.69) is 9.80 Å². The van der Waals surface area contributed by atoms with Gasteiger partial charge in [-0.2, -0.15) is 0 Å². The largest absolute Gasteiger partial charge is 0.507 e. The van der Waals surface area contributed by atoms with Crippen LogP contribution < -0.4 is 10.5 Å². The van der Waals surface area contributed by atoms with Crippen LogP contribution in [0.2, 0.25) is 0 Å². The molecule has 29 heavy (non-hydrogen) atoms. The molecule has 7 heteroatoms. The highest BCUT2D eigenvalue weighted by Gasteiger charge is 2.21. The minimum atomic E-state index is -0.696. The third-order valence-corrected chi connectivity index (χ3v) is 5.31. The molecule has 0 spiro atoms. The molecule has 0 unspecified atom stereocenters. The summed E-state index contributed by atoms with van der Waals surface area (Å²) in [4.78, 5) is 28.1. The third kappa shape index (κ3) is 3.86. The second-order valence-corrected chi connectivity index (χ2v) is 7.22. The molecular weight excluding hydrogens is 375 g/mol. The van der Waals surface area contributed by atoms with Gasteiger partial charge in [0.25, 0.3) is 0 Å². The van der Waals surface area contributed by atoms with Gasteiger partial charge in [-0.15, -0.1) is 0 Å². The molecule has 1 N–H and O–H groups in total. The summed E-state index contributed by atoms with van der Waals surface area (Å²) in [5, 5.41) is 11.0. The first-order chi connectivity index (χ1) is 13.9. The van der Waals surface area contributed by atoms with Gasteiger partial charge in [0.2, 0.25) is 0 Å². The van der Waals surface area contributed by atoms with E-state index in [1.54, 1.807) is 24.3 Å². The Morgan fingerprint density at radius 2 is 1.79 bits per heavy atom. The lowest BCUT2D eigenvalue weighted by Crippen LogP contribution is -2.46. The number of ketones is 1. The topological polar surface area (TPSA) is 74.0 Å². The molecule has 0 radical (unpaired) electrons. The van der Waals surface area contributed by atoms with Crippen molar-refractivity contribution in [1.29, 1.82) is 0 Å². The number of fused-ring (bicyclic) bond motifs is 1. The summed E-state index contributed by atoms with van der Waals surface area (Å²) in [6.07, 6.45) is 0. The highest BCUT2D eigenvalue weighted by atomic mass is 19.1. The molecule has 0 aliphatic carbocycles. The minimum Gasteiger partial charge on any atom is -0.507 e. The lowest BCUT2D eigenvalue weighted by atomic mass is 10.1. The second kappa shape index (κ2) is 7.67. The van der Waals surface area contributed by atoms with E-state index in [1.165, 1.54) is 25.1 Å². The van der Waals surface area contributed by atoms with E-state index in [0.717, 1.165) is 31.9 Å². The molecule has 0 amide bonds. The van der Waals surface area contributed by atoms with Crippen molar-refractivity contribution in [1.82, 2.24) is 4.90 Å². The van der Waals surface area contributed by atoms with Gasteiger partial charge in [0, 0.05) is 43.8 Å². The van der Waals surface area contributed by atoms with Gasteiger partial charge in [-0.1, -0.05) is 0 Å². The molecule has 6 nitrogen and oxygen atoms in total. The number of carbonyl (C=O) groups excluding carboxylic acids is 1. The standard InChI is InChI=1S/C22H21FN2O4/c1-14(26)18-12-15-2-7-20(27)19(21(15)29-22(18)28)13-24-8-10-25(11-9-24)17-5-3-16(23)4-6-17/h2-7,12,27H,8-11,13H2,1H3. The van der Waals surface area contributed by atoms with Gasteiger partial charge in [-0.05, 0) is 49.4 Å². The third-order valence-electron chi connectivity index (χ3n) is 5.31. The first-order valence-corrected chi connectivity index (χ1v) is 9.45. The van der Waals surface area contributed by atoms with Gasteiger partial charge in [-0.3, -0.25) is 9.69 Å². The molecule has 1 fully saturated rings. The van der Waals surface area contributed by atoms with Crippen LogP contribution in [0.25, 0.3) is 11.0 Å². The van der Waals surface area contributed by atoms with E-state index in [1.807, 2.05) is 0 Å². The molecule has 1 aromatic heterocycles. The molecule has 0 saturated carbocycles. The Hall–Kier alpha value is -3.19. The normalized spacial score (nSPS) is 15.0. The Morgan fingerprint density at radius 1 is 1.10 bits per heavy atom. The van der Waals surface area contributed by atoms with Gasteiger partial charge >= 0.3 is 5.63 Å². The van der Waals surface area contributed by atoms with E-state index >= 15 is 0 Å². The van der Waals surface area contributed by atoms with Gasteiger partial charge in [-0.25, -0.2) is 9.18 Å². The molecule has 1 saturated heterocycles.